The maximum Gasteiger partial charge on any atom is 0.106 e. The Balaban J connectivity index is 2.57. The van der Waals surface area contributed by atoms with Gasteiger partial charge in [-0.15, -0.1) is 0 Å². The van der Waals surface area contributed by atoms with Gasteiger partial charge in [-0.2, -0.15) is 0 Å². The number of allylic oxidation sites excluding steroid dienone is 4. The zero-order valence-corrected chi connectivity index (χ0v) is 9.51. The largest absolute Gasteiger partial charge is 0.381 e. The summed E-state index contributed by atoms with van der Waals surface area (Å²) in [6, 6.07) is 0. The molecule has 0 fully saturated rings. The summed E-state index contributed by atoms with van der Waals surface area (Å²) in [4.78, 5) is 0. The Morgan fingerprint density at radius 1 is 0.750 bits per heavy atom. The highest BCUT2D eigenvalue weighted by molar-refractivity contribution is 5.52. The van der Waals surface area contributed by atoms with Crippen molar-refractivity contribution in [3.63, 3.8) is 0 Å². The van der Waals surface area contributed by atoms with E-state index >= 15 is 0 Å². The van der Waals surface area contributed by atoms with E-state index in [1.165, 1.54) is 0 Å². The predicted octanol–water partition coefficient (Wildman–Crippen LogP) is 2.04. The standard InChI is InChI=1S/C14H16O2/c1-13(15)9-5-3-7-11(13)12-8-4-6-10-14(12,2)16/h3-10,15-16H,1-2H3/b12-11+. The van der Waals surface area contributed by atoms with Crippen molar-refractivity contribution < 1.29 is 10.2 Å². The second-order valence-corrected chi connectivity index (χ2v) is 4.56. The smallest absolute Gasteiger partial charge is 0.106 e. The molecule has 2 nitrogen and oxygen atoms in total. The van der Waals surface area contributed by atoms with Gasteiger partial charge in [-0.05, 0) is 37.1 Å². The van der Waals surface area contributed by atoms with Crippen molar-refractivity contribution in [3.05, 3.63) is 59.8 Å². The number of hydrogen-bond donors (Lipinski definition) is 2. The van der Waals surface area contributed by atoms with Crippen LogP contribution in [0.1, 0.15) is 13.8 Å². The molecular weight excluding hydrogens is 200 g/mol. The molecule has 2 heteroatoms. The molecule has 84 valence electrons. The van der Waals surface area contributed by atoms with Crippen molar-refractivity contribution in [2.45, 2.75) is 25.0 Å². The van der Waals surface area contributed by atoms with E-state index in [0.29, 0.717) is 0 Å². The normalized spacial score (nSPS) is 41.8. The molecule has 0 bridgehead atoms. The van der Waals surface area contributed by atoms with E-state index in [-0.39, 0.29) is 0 Å². The van der Waals surface area contributed by atoms with Crippen LogP contribution in [0.5, 0.6) is 0 Å². The Morgan fingerprint density at radius 2 is 1.12 bits per heavy atom. The maximum absolute atomic E-state index is 10.3. The molecule has 2 atom stereocenters. The highest BCUT2D eigenvalue weighted by Gasteiger charge is 2.32. The third-order valence-corrected chi connectivity index (χ3v) is 2.97. The zero-order valence-electron chi connectivity index (χ0n) is 9.51. The first kappa shape index (κ1) is 11.1. The molecule has 2 N–H and O–H groups in total. The molecule has 0 aromatic rings. The summed E-state index contributed by atoms with van der Waals surface area (Å²) in [5.41, 5.74) is -0.575. The fraction of sp³-hybridized carbons (Fsp3) is 0.286. The van der Waals surface area contributed by atoms with E-state index < -0.39 is 11.2 Å². The van der Waals surface area contributed by atoms with E-state index in [9.17, 15) is 10.2 Å². The van der Waals surface area contributed by atoms with Crippen LogP contribution in [0.15, 0.2) is 59.8 Å². The van der Waals surface area contributed by atoms with Crippen LogP contribution in [0, 0.1) is 0 Å². The molecule has 0 heterocycles. The third kappa shape index (κ3) is 1.82. The molecule has 2 aliphatic carbocycles. The van der Waals surface area contributed by atoms with Crippen molar-refractivity contribution in [1.29, 1.82) is 0 Å². The number of aliphatic hydroxyl groups is 2. The molecule has 2 rings (SSSR count). The van der Waals surface area contributed by atoms with Gasteiger partial charge in [0.15, 0.2) is 0 Å². The van der Waals surface area contributed by atoms with Gasteiger partial charge in [0, 0.05) is 0 Å². The van der Waals surface area contributed by atoms with Crippen molar-refractivity contribution >= 4 is 0 Å². The van der Waals surface area contributed by atoms with Gasteiger partial charge < -0.3 is 10.2 Å². The SMILES string of the molecule is CC1(O)C=CC=C/C1=C1/C=CC=CC1(C)O. The second kappa shape index (κ2) is 3.58. The number of rotatable bonds is 0. The Kier molecular flexibility index (Phi) is 2.49. The first-order chi connectivity index (χ1) is 7.43. The summed E-state index contributed by atoms with van der Waals surface area (Å²) in [6.45, 7) is 3.44. The van der Waals surface area contributed by atoms with Gasteiger partial charge in [-0.3, -0.25) is 0 Å². The minimum absolute atomic E-state index is 0.737. The van der Waals surface area contributed by atoms with Crippen LogP contribution in [-0.2, 0) is 0 Å². The zero-order chi connectivity index (χ0) is 11.8. The van der Waals surface area contributed by atoms with Gasteiger partial charge in [0.05, 0.1) is 0 Å². The lowest BCUT2D eigenvalue weighted by molar-refractivity contribution is 0.131. The molecule has 2 aliphatic rings. The minimum atomic E-state index is -1.02. The monoisotopic (exact) mass is 216 g/mol. The van der Waals surface area contributed by atoms with E-state index in [1.807, 2.05) is 24.3 Å². The molecule has 0 saturated carbocycles. The highest BCUT2D eigenvalue weighted by Crippen LogP contribution is 2.34. The first-order valence-corrected chi connectivity index (χ1v) is 5.35. The average Bonchev–Trinajstić information content (AvgIpc) is 2.18. The molecule has 0 radical (unpaired) electrons. The van der Waals surface area contributed by atoms with Crippen molar-refractivity contribution in [1.82, 2.24) is 0 Å². The lowest BCUT2D eigenvalue weighted by atomic mass is 9.80. The predicted molar refractivity (Wildman–Crippen MR) is 64.8 cm³/mol. The summed E-state index contributed by atoms with van der Waals surface area (Å²) in [6.07, 6.45) is 14.5. The molecule has 0 aromatic heterocycles. The van der Waals surface area contributed by atoms with Gasteiger partial charge in [0.2, 0.25) is 0 Å². The van der Waals surface area contributed by atoms with E-state index in [1.54, 1.807) is 38.2 Å². The van der Waals surface area contributed by atoms with Crippen LogP contribution in [0.2, 0.25) is 0 Å². The maximum atomic E-state index is 10.3. The molecule has 16 heavy (non-hydrogen) atoms. The molecule has 2 unspecified atom stereocenters. The quantitative estimate of drug-likeness (QED) is 0.650. The Morgan fingerprint density at radius 3 is 1.44 bits per heavy atom. The van der Waals surface area contributed by atoms with Crippen LogP contribution >= 0.6 is 0 Å². The highest BCUT2D eigenvalue weighted by atomic mass is 16.3. The van der Waals surface area contributed by atoms with Crippen molar-refractivity contribution in [3.8, 4) is 0 Å². The van der Waals surface area contributed by atoms with E-state index in [0.717, 1.165) is 11.1 Å². The summed E-state index contributed by atoms with van der Waals surface area (Å²) in [5, 5.41) is 20.5. The first-order valence-electron chi connectivity index (χ1n) is 5.35. The molecule has 0 aromatic carbocycles. The summed E-state index contributed by atoms with van der Waals surface area (Å²) < 4.78 is 0. The fourth-order valence-corrected chi connectivity index (χ4v) is 2.03. The van der Waals surface area contributed by atoms with Crippen molar-refractivity contribution in [2.75, 3.05) is 0 Å². The van der Waals surface area contributed by atoms with E-state index in [2.05, 4.69) is 0 Å². The van der Waals surface area contributed by atoms with E-state index in [4.69, 9.17) is 0 Å². The van der Waals surface area contributed by atoms with Crippen LogP contribution in [0.4, 0.5) is 0 Å². The summed E-state index contributed by atoms with van der Waals surface area (Å²) in [5.74, 6) is 0. The van der Waals surface area contributed by atoms with Crippen molar-refractivity contribution in [2.24, 2.45) is 0 Å². The second-order valence-electron chi connectivity index (χ2n) is 4.56. The molecule has 0 saturated heterocycles. The third-order valence-electron chi connectivity index (χ3n) is 2.97. The molecule has 0 amide bonds. The molecule has 0 spiro atoms. The average molecular weight is 216 g/mol. The van der Waals surface area contributed by atoms with Gasteiger partial charge in [0.1, 0.15) is 11.2 Å². The minimum Gasteiger partial charge on any atom is -0.381 e. The summed E-state index contributed by atoms with van der Waals surface area (Å²) in [7, 11) is 0. The van der Waals surface area contributed by atoms with Gasteiger partial charge in [-0.25, -0.2) is 0 Å². The Hall–Kier alpha value is -1.38. The van der Waals surface area contributed by atoms with Gasteiger partial charge >= 0.3 is 0 Å². The lowest BCUT2D eigenvalue weighted by Gasteiger charge is -2.32. The van der Waals surface area contributed by atoms with Crippen LogP contribution in [-0.4, -0.2) is 21.4 Å². The van der Waals surface area contributed by atoms with Crippen LogP contribution in [0.3, 0.4) is 0 Å². The van der Waals surface area contributed by atoms with Crippen LogP contribution < -0.4 is 0 Å². The summed E-state index contributed by atoms with van der Waals surface area (Å²) >= 11 is 0. The lowest BCUT2D eigenvalue weighted by Crippen LogP contribution is -2.33. The van der Waals surface area contributed by atoms with Crippen LogP contribution in [0.25, 0.3) is 0 Å². The topological polar surface area (TPSA) is 40.5 Å². The number of hydrogen-bond acceptors (Lipinski definition) is 2. The van der Waals surface area contributed by atoms with Gasteiger partial charge in [0.25, 0.3) is 0 Å². The molecule has 0 aliphatic heterocycles. The van der Waals surface area contributed by atoms with Gasteiger partial charge in [-0.1, -0.05) is 36.5 Å². The Labute approximate surface area is 95.6 Å². The Bertz CT molecular complexity index is 401. The fourth-order valence-electron chi connectivity index (χ4n) is 2.03. The molecular formula is C14H16O2.